The Morgan fingerprint density at radius 1 is 1.43 bits per heavy atom. The number of hydrogen-bond acceptors (Lipinski definition) is 4. The Morgan fingerprint density at radius 3 is 2.43 bits per heavy atom. The van der Waals surface area contributed by atoms with Crippen LogP contribution in [-0.2, 0) is 9.63 Å². The van der Waals surface area contributed by atoms with Gasteiger partial charge in [-0.3, -0.25) is 4.84 Å². The fourth-order valence-electron chi connectivity index (χ4n) is 1.86. The van der Waals surface area contributed by atoms with E-state index in [2.05, 4.69) is 4.84 Å². The SMILES string of the molecule is O=C(O)C(O[N+](=O)[O-])C1CCCCC1. The number of nitrogens with zero attached hydrogens (tertiary/aromatic N) is 1. The van der Waals surface area contributed by atoms with Crippen LogP contribution < -0.4 is 0 Å². The van der Waals surface area contributed by atoms with Gasteiger partial charge < -0.3 is 5.11 Å². The van der Waals surface area contributed by atoms with Crippen LogP contribution in [0.3, 0.4) is 0 Å². The molecule has 1 saturated carbocycles. The summed E-state index contributed by atoms with van der Waals surface area (Å²) in [5.74, 6) is -1.46. The molecule has 0 amide bonds. The molecule has 0 aromatic heterocycles. The molecule has 1 N–H and O–H groups in total. The Balaban J connectivity index is 2.56. The van der Waals surface area contributed by atoms with Gasteiger partial charge in [0.1, 0.15) is 0 Å². The van der Waals surface area contributed by atoms with E-state index < -0.39 is 17.2 Å². The summed E-state index contributed by atoms with van der Waals surface area (Å²) in [6, 6.07) is 0. The van der Waals surface area contributed by atoms with Crippen LogP contribution in [0, 0.1) is 16.0 Å². The number of carbonyl (C=O) groups is 1. The maximum absolute atomic E-state index is 10.7. The van der Waals surface area contributed by atoms with Gasteiger partial charge in [0, 0.05) is 0 Å². The standard InChI is InChI=1S/C8H13NO5/c10-8(11)7(14-9(12)13)6-4-2-1-3-5-6/h6-7H,1-5H2,(H,10,11). The van der Waals surface area contributed by atoms with Crippen molar-refractivity contribution in [3.05, 3.63) is 10.1 Å². The first kappa shape index (κ1) is 10.7. The fraction of sp³-hybridized carbons (Fsp3) is 0.875. The van der Waals surface area contributed by atoms with E-state index in [9.17, 15) is 14.9 Å². The lowest BCUT2D eigenvalue weighted by Crippen LogP contribution is -2.35. The van der Waals surface area contributed by atoms with Gasteiger partial charge in [-0.25, -0.2) is 4.79 Å². The molecule has 0 aromatic rings. The van der Waals surface area contributed by atoms with Crippen molar-refractivity contribution in [2.75, 3.05) is 0 Å². The highest BCUT2D eigenvalue weighted by Crippen LogP contribution is 2.28. The van der Waals surface area contributed by atoms with E-state index in [0.29, 0.717) is 12.8 Å². The maximum Gasteiger partial charge on any atom is 0.333 e. The minimum Gasteiger partial charge on any atom is -0.480 e. The van der Waals surface area contributed by atoms with Crippen molar-refractivity contribution in [2.24, 2.45) is 5.92 Å². The Morgan fingerprint density at radius 2 is 2.00 bits per heavy atom. The van der Waals surface area contributed by atoms with Gasteiger partial charge in [-0.2, -0.15) is 0 Å². The van der Waals surface area contributed by atoms with Gasteiger partial charge >= 0.3 is 5.97 Å². The van der Waals surface area contributed by atoms with Crippen LogP contribution in [0.1, 0.15) is 32.1 Å². The molecule has 0 heterocycles. The molecule has 1 atom stereocenters. The zero-order valence-corrected chi connectivity index (χ0v) is 7.72. The van der Waals surface area contributed by atoms with Gasteiger partial charge in [0.15, 0.2) is 0 Å². The Labute approximate surface area is 81.0 Å². The number of rotatable bonds is 4. The summed E-state index contributed by atoms with van der Waals surface area (Å²) in [7, 11) is 0. The second-order valence-electron chi connectivity index (χ2n) is 3.49. The fourth-order valence-corrected chi connectivity index (χ4v) is 1.86. The number of carboxylic acids is 1. The molecule has 0 aliphatic heterocycles. The van der Waals surface area contributed by atoms with Crippen LogP contribution >= 0.6 is 0 Å². The van der Waals surface area contributed by atoms with Gasteiger partial charge in [-0.15, -0.1) is 10.1 Å². The monoisotopic (exact) mass is 203 g/mol. The predicted octanol–water partition coefficient (Wildman–Crippen LogP) is 1.23. The number of carboxylic acid groups (broad SMARTS) is 1. The molecule has 1 fully saturated rings. The summed E-state index contributed by atoms with van der Waals surface area (Å²) in [5.41, 5.74) is 0. The largest absolute Gasteiger partial charge is 0.480 e. The van der Waals surface area contributed by atoms with E-state index in [-0.39, 0.29) is 5.92 Å². The molecule has 0 bridgehead atoms. The zero-order valence-electron chi connectivity index (χ0n) is 7.72. The number of hydrogen-bond donors (Lipinski definition) is 1. The summed E-state index contributed by atoms with van der Waals surface area (Å²) in [5, 5.41) is 17.8. The van der Waals surface area contributed by atoms with Gasteiger partial charge in [-0.1, -0.05) is 19.3 Å². The Kier molecular flexibility index (Phi) is 3.67. The van der Waals surface area contributed by atoms with Crippen molar-refractivity contribution in [2.45, 2.75) is 38.2 Å². The molecule has 0 spiro atoms. The van der Waals surface area contributed by atoms with Crippen molar-refractivity contribution in [3.63, 3.8) is 0 Å². The van der Waals surface area contributed by atoms with Crippen molar-refractivity contribution in [3.8, 4) is 0 Å². The highest BCUT2D eigenvalue weighted by molar-refractivity contribution is 5.72. The molecule has 1 unspecified atom stereocenters. The van der Waals surface area contributed by atoms with Gasteiger partial charge in [0.25, 0.3) is 5.09 Å². The number of aliphatic carboxylic acids is 1. The summed E-state index contributed by atoms with van der Waals surface area (Å²) in [4.78, 5) is 25.0. The Hall–Kier alpha value is -1.33. The third-order valence-electron chi connectivity index (χ3n) is 2.52. The molecular formula is C8H13NO5. The van der Waals surface area contributed by atoms with E-state index >= 15 is 0 Å². The van der Waals surface area contributed by atoms with Crippen LogP contribution in [0.2, 0.25) is 0 Å². The molecule has 1 rings (SSSR count). The molecule has 0 aromatic carbocycles. The van der Waals surface area contributed by atoms with Crippen molar-refractivity contribution < 1.29 is 19.8 Å². The minimum absolute atomic E-state index is 0.216. The van der Waals surface area contributed by atoms with Crippen molar-refractivity contribution >= 4 is 5.97 Å². The summed E-state index contributed by atoms with van der Waals surface area (Å²) >= 11 is 0. The topological polar surface area (TPSA) is 89.7 Å². The molecule has 80 valence electrons. The maximum atomic E-state index is 10.7. The molecule has 6 heteroatoms. The van der Waals surface area contributed by atoms with E-state index in [1.54, 1.807) is 0 Å². The quantitative estimate of drug-likeness (QED) is 0.548. The first-order valence-electron chi connectivity index (χ1n) is 4.65. The highest BCUT2D eigenvalue weighted by Gasteiger charge is 2.32. The average Bonchev–Trinajstić information content (AvgIpc) is 2.15. The lowest BCUT2D eigenvalue weighted by Gasteiger charge is -2.25. The van der Waals surface area contributed by atoms with E-state index in [0.717, 1.165) is 19.3 Å². The normalized spacial score (nSPS) is 20.0. The van der Waals surface area contributed by atoms with Crippen molar-refractivity contribution in [1.82, 2.24) is 0 Å². The third kappa shape index (κ3) is 2.86. The molecule has 1 aliphatic carbocycles. The average molecular weight is 203 g/mol. The lowest BCUT2D eigenvalue weighted by atomic mass is 9.85. The first-order chi connectivity index (χ1) is 6.61. The van der Waals surface area contributed by atoms with E-state index in [1.807, 2.05) is 0 Å². The van der Waals surface area contributed by atoms with E-state index in [1.165, 1.54) is 0 Å². The van der Waals surface area contributed by atoms with Gasteiger partial charge in [0.05, 0.1) is 0 Å². The van der Waals surface area contributed by atoms with E-state index in [4.69, 9.17) is 5.11 Å². The van der Waals surface area contributed by atoms with Crippen LogP contribution in [-0.4, -0.2) is 22.3 Å². The molecule has 0 saturated heterocycles. The lowest BCUT2D eigenvalue weighted by molar-refractivity contribution is -0.766. The highest BCUT2D eigenvalue weighted by atomic mass is 17.0. The van der Waals surface area contributed by atoms with Crippen LogP contribution in [0.15, 0.2) is 0 Å². The second kappa shape index (κ2) is 4.78. The third-order valence-corrected chi connectivity index (χ3v) is 2.52. The van der Waals surface area contributed by atoms with Crippen molar-refractivity contribution in [1.29, 1.82) is 0 Å². The first-order valence-corrected chi connectivity index (χ1v) is 4.65. The zero-order chi connectivity index (χ0) is 10.6. The second-order valence-corrected chi connectivity index (χ2v) is 3.49. The van der Waals surface area contributed by atoms with Gasteiger partial charge in [0.2, 0.25) is 6.10 Å². The van der Waals surface area contributed by atoms with Gasteiger partial charge in [-0.05, 0) is 18.8 Å². The minimum atomic E-state index is -1.29. The molecule has 0 radical (unpaired) electrons. The Bertz CT molecular complexity index is 224. The summed E-state index contributed by atoms with van der Waals surface area (Å²) in [6.45, 7) is 0. The summed E-state index contributed by atoms with van der Waals surface area (Å²) < 4.78 is 0. The predicted molar refractivity (Wildman–Crippen MR) is 46.1 cm³/mol. The van der Waals surface area contributed by atoms with Crippen LogP contribution in [0.5, 0.6) is 0 Å². The molecular weight excluding hydrogens is 190 g/mol. The molecule has 1 aliphatic rings. The smallest absolute Gasteiger partial charge is 0.333 e. The van der Waals surface area contributed by atoms with Crippen LogP contribution in [0.25, 0.3) is 0 Å². The summed E-state index contributed by atoms with van der Waals surface area (Å²) in [6.07, 6.45) is 3.03. The molecule has 14 heavy (non-hydrogen) atoms. The van der Waals surface area contributed by atoms with Crippen LogP contribution in [0.4, 0.5) is 0 Å². The molecule has 6 nitrogen and oxygen atoms in total.